The number of urea groups is 1. The van der Waals surface area contributed by atoms with Gasteiger partial charge in [-0.25, -0.2) is 14.6 Å². The minimum atomic E-state index is -0.577. The van der Waals surface area contributed by atoms with E-state index in [0.29, 0.717) is 43.2 Å². The predicted octanol–water partition coefficient (Wildman–Crippen LogP) is 6.73. The summed E-state index contributed by atoms with van der Waals surface area (Å²) >= 11 is 0. The summed E-state index contributed by atoms with van der Waals surface area (Å²) in [5.41, 5.74) is 4.25. The lowest BCUT2D eigenvalue weighted by atomic mass is 9.87. The molecule has 0 saturated carbocycles. The number of nitrogens with zero attached hydrogens (tertiary/aromatic N) is 5. The van der Waals surface area contributed by atoms with Crippen LogP contribution in [-0.2, 0) is 16.1 Å². The summed E-state index contributed by atoms with van der Waals surface area (Å²) in [6.07, 6.45) is 13.5. The molecule has 2 aliphatic heterocycles. The van der Waals surface area contributed by atoms with Crippen molar-refractivity contribution in [3.63, 3.8) is 0 Å². The van der Waals surface area contributed by atoms with Gasteiger partial charge in [0, 0.05) is 44.5 Å². The molecular weight excluding hydrogens is 594 g/mol. The lowest BCUT2D eigenvalue weighted by Crippen LogP contribution is -2.45. The summed E-state index contributed by atoms with van der Waals surface area (Å²) < 4.78 is 5.30. The smallest absolute Gasteiger partial charge is 0.412 e. The van der Waals surface area contributed by atoms with E-state index in [2.05, 4.69) is 45.8 Å². The van der Waals surface area contributed by atoms with E-state index in [-0.39, 0.29) is 17.5 Å². The molecule has 2 saturated heterocycles. The number of amides is 4. The number of allylic oxidation sites excluding steroid dienone is 2. The van der Waals surface area contributed by atoms with Crippen molar-refractivity contribution in [3.8, 4) is 0 Å². The number of hydrogen-bond donors (Lipinski definition) is 2. The zero-order valence-corrected chi connectivity index (χ0v) is 27.3. The zero-order valence-electron chi connectivity index (χ0n) is 27.3. The third-order valence-electron chi connectivity index (χ3n) is 8.52. The Hall–Kier alpha value is -5.19. The molecule has 3 aliphatic rings. The number of pyridine rings is 2. The highest BCUT2D eigenvalue weighted by atomic mass is 16.6. The number of carbonyl (C=O) groups is 3. The maximum Gasteiger partial charge on any atom is 0.412 e. The van der Waals surface area contributed by atoms with Crippen molar-refractivity contribution in [2.24, 2.45) is 0 Å². The number of ether oxygens (including phenoxy) is 1. The van der Waals surface area contributed by atoms with Crippen LogP contribution in [0.1, 0.15) is 58.1 Å². The van der Waals surface area contributed by atoms with Gasteiger partial charge >= 0.3 is 12.1 Å². The molecule has 1 aromatic carbocycles. The standard InChI is InChI=1S/C36H41N7O4/c1-35(2,3)47-33(45)40-28-10-7-25(8-11-28)24-41-18-19-42(34(41)46)30-20-29(22-37-23-30)39-31-12-9-27(21-38-31)26-13-15-36(4,16-14-26)43-17-5-6-32(43)44/h7-15,20-23H,5-6,16-19,24H2,1-4H3,(H,38,39)(H,40,45). The highest BCUT2D eigenvalue weighted by Crippen LogP contribution is 2.34. The minimum Gasteiger partial charge on any atom is -0.444 e. The Morgan fingerprint density at radius 2 is 1.81 bits per heavy atom. The molecule has 1 aliphatic carbocycles. The van der Waals surface area contributed by atoms with E-state index in [0.717, 1.165) is 41.8 Å². The van der Waals surface area contributed by atoms with Crippen LogP contribution in [0.3, 0.4) is 0 Å². The van der Waals surface area contributed by atoms with Gasteiger partial charge in [0.1, 0.15) is 11.4 Å². The summed E-state index contributed by atoms with van der Waals surface area (Å²) in [5.74, 6) is 0.897. The van der Waals surface area contributed by atoms with Gasteiger partial charge in [0.2, 0.25) is 5.91 Å². The number of rotatable bonds is 8. The number of hydrogen-bond acceptors (Lipinski definition) is 7. The van der Waals surface area contributed by atoms with E-state index in [4.69, 9.17) is 4.74 Å². The number of benzene rings is 1. The third-order valence-corrected chi connectivity index (χ3v) is 8.52. The minimum absolute atomic E-state index is 0.0959. The van der Waals surface area contributed by atoms with Crippen molar-refractivity contribution in [1.82, 2.24) is 19.8 Å². The number of carbonyl (C=O) groups excluding carboxylic acids is 3. The van der Waals surface area contributed by atoms with Gasteiger partial charge in [0.15, 0.2) is 0 Å². The van der Waals surface area contributed by atoms with Crippen LogP contribution in [0.2, 0.25) is 0 Å². The Kier molecular flexibility index (Phi) is 8.72. The maximum atomic E-state index is 13.3. The molecule has 47 heavy (non-hydrogen) atoms. The van der Waals surface area contributed by atoms with Crippen molar-refractivity contribution in [2.45, 2.75) is 64.6 Å². The normalized spacial score (nSPS) is 19.7. The van der Waals surface area contributed by atoms with Crippen LogP contribution in [0.15, 0.2) is 79.3 Å². The number of aromatic nitrogens is 2. The molecule has 11 nitrogen and oxygen atoms in total. The second kappa shape index (κ2) is 12.9. The molecule has 2 aromatic heterocycles. The van der Waals surface area contributed by atoms with Crippen molar-refractivity contribution >= 4 is 46.5 Å². The van der Waals surface area contributed by atoms with Gasteiger partial charge < -0.3 is 19.9 Å². The van der Waals surface area contributed by atoms with Crippen LogP contribution in [-0.4, -0.2) is 68.6 Å². The fourth-order valence-electron chi connectivity index (χ4n) is 6.06. The molecule has 3 aromatic rings. The summed E-state index contributed by atoms with van der Waals surface area (Å²) in [5, 5.41) is 6.03. The van der Waals surface area contributed by atoms with Crippen LogP contribution in [0, 0.1) is 0 Å². The summed E-state index contributed by atoms with van der Waals surface area (Å²) in [6.45, 7) is 9.95. The average molecular weight is 636 g/mol. The molecule has 0 spiro atoms. The van der Waals surface area contributed by atoms with Crippen molar-refractivity contribution < 1.29 is 19.1 Å². The fourth-order valence-corrected chi connectivity index (χ4v) is 6.06. The molecule has 1 unspecified atom stereocenters. The first kappa shape index (κ1) is 31.8. The van der Waals surface area contributed by atoms with E-state index < -0.39 is 11.7 Å². The second-order valence-electron chi connectivity index (χ2n) is 13.4. The van der Waals surface area contributed by atoms with Crippen molar-refractivity contribution in [3.05, 3.63) is 90.4 Å². The van der Waals surface area contributed by atoms with E-state index >= 15 is 0 Å². The van der Waals surface area contributed by atoms with Gasteiger partial charge in [-0.15, -0.1) is 0 Å². The van der Waals surface area contributed by atoms with Gasteiger partial charge in [-0.2, -0.15) is 0 Å². The topological polar surface area (TPSA) is 120 Å². The number of likely N-dealkylation sites (tertiary alicyclic amines) is 1. The van der Waals surface area contributed by atoms with E-state index in [1.807, 2.05) is 62.2 Å². The van der Waals surface area contributed by atoms with E-state index in [1.54, 1.807) is 34.3 Å². The highest BCUT2D eigenvalue weighted by molar-refractivity contribution is 5.94. The molecule has 2 N–H and O–H groups in total. The van der Waals surface area contributed by atoms with Gasteiger partial charge in [-0.1, -0.05) is 30.4 Å². The molecule has 4 heterocycles. The van der Waals surface area contributed by atoms with Crippen LogP contribution in [0.4, 0.5) is 32.5 Å². The molecule has 11 heteroatoms. The molecule has 1 atom stereocenters. The Morgan fingerprint density at radius 1 is 1.00 bits per heavy atom. The largest absolute Gasteiger partial charge is 0.444 e. The second-order valence-corrected chi connectivity index (χ2v) is 13.4. The fraction of sp³-hybridized carbons (Fsp3) is 0.361. The predicted molar refractivity (Wildman–Crippen MR) is 182 cm³/mol. The van der Waals surface area contributed by atoms with Gasteiger partial charge in [0.05, 0.1) is 29.3 Å². The average Bonchev–Trinajstić information content (AvgIpc) is 3.63. The first-order chi connectivity index (χ1) is 22.5. The third kappa shape index (κ3) is 7.45. The Morgan fingerprint density at radius 3 is 2.47 bits per heavy atom. The molecular formula is C36H41N7O4. The lowest BCUT2D eigenvalue weighted by Gasteiger charge is -2.37. The quantitative estimate of drug-likeness (QED) is 0.282. The summed E-state index contributed by atoms with van der Waals surface area (Å²) in [4.78, 5) is 52.2. The number of nitrogens with one attached hydrogen (secondary N) is 2. The van der Waals surface area contributed by atoms with Crippen LogP contribution < -0.4 is 15.5 Å². The monoisotopic (exact) mass is 635 g/mol. The summed E-state index contributed by atoms with van der Waals surface area (Å²) in [6, 6.07) is 13.1. The molecule has 0 bridgehead atoms. The molecule has 4 amide bonds. The molecule has 6 rings (SSSR count). The van der Waals surface area contributed by atoms with E-state index in [1.165, 1.54) is 0 Å². The van der Waals surface area contributed by atoms with Crippen molar-refractivity contribution in [2.75, 3.05) is 35.2 Å². The van der Waals surface area contributed by atoms with Crippen molar-refractivity contribution in [1.29, 1.82) is 0 Å². The van der Waals surface area contributed by atoms with E-state index in [9.17, 15) is 14.4 Å². The Labute approximate surface area is 275 Å². The van der Waals surface area contributed by atoms with Crippen LogP contribution in [0.25, 0.3) is 5.57 Å². The molecule has 2 fully saturated rings. The van der Waals surface area contributed by atoms with Crippen LogP contribution in [0.5, 0.6) is 0 Å². The zero-order chi connectivity index (χ0) is 33.2. The van der Waals surface area contributed by atoms with Gasteiger partial charge in [-0.05, 0) is 87.6 Å². The number of anilines is 4. The maximum absolute atomic E-state index is 13.3. The lowest BCUT2D eigenvalue weighted by molar-refractivity contribution is -0.131. The SMILES string of the molecule is CC(C)(C)OC(=O)Nc1ccc(CN2CCN(c3cncc(Nc4ccc(C5=CCC(C)(N6CCCC6=O)C=C5)cn4)c3)C2=O)cc1. The first-order valence-electron chi connectivity index (χ1n) is 16.0. The molecule has 0 radical (unpaired) electrons. The van der Waals surface area contributed by atoms with Crippen LogP contribution >= 0.6 is 0 Å². The Bertz CT molecular complexity index is 1710. The van der Waals surface area contributed by atoms with Gasteiger partial charge in [0.25, 0.3) is 0 Å². The summed E-state index contributed by atoms with van der Waals surface area (Å²) in [7, 11) is 0. The Balaban J connectivity index is 1.03. The first-order valence-corrected chi connectivity index (χ1v) is 16.0. The molecule has 244 valence electrons. The van der Waals surface area contributed by atoms with Gasteiger partial charge in [-0.3, -0.25) is 20.0 Å². The highest BCUT2D eigenvalue weighted by Gasteiger charge is 2.36.